The molecule has 0 aliphatic heterocycles. The molecule has 0 spiro atoms. The van der Waals surface area contributed by atoms with Crippen molar-refractivity contribution in [3.05, 3.63) is 21.9 Å². The summed E-state index contributed by atoms with van der Waals surface area (Å²) >= 11 is 3.11. The summed E-state index contributed by atoms with van der Waals surface area (Å²) < 4.78 is 5.23. The molecule has 0 saturated carbocycles. The highest BCUT2D eigenvalue weighted by molar-refractivity contribution is 7.99. The molecule has 1 heterocycles. The van der Waals surface area contributed by atoms with Gasteiger partial charge in [-0.05, 0) is 32.9 Å². The van der Waals surface area contributed by atoms with E-state index in [0.717, 1.165) is 15.5 Å². The summed E-state index contributed by atoms with van der Waals surface area (Å²) in [6, 6.07) is 3.92. The molecular formula is C14H18O3S2. The molecule has 1 rings (SSSR count). The summed E-state index contributed by atoms with van der Waals surface area (Å²) in [6.45, 7) is 5.46. The second kappa shape index (κ2) is 7.59. The first-order valence-corrected chi connectivity index (χ1v) is 7.86. The minimum Gasteiger partial charge on any atom is -0.459 e. The Morgan fingerprint density at radius 3 is 2.84 bits per heavy atom. The molecule has 1 aromatic heterocycles. The van der Waals surface area contributed by atoms with Crippen LogP contribution in [0.2, 0.25) is 0 Å². The van der Waals surface area contributed by atoms with Gasteiger partial charge in [0, 0.05) is 10.6 Å². The highest BCUT2D eigenvalue weighted by atomic mass is 32.2. The van der Waals surface area contributed by atoms with Crippen LogP contribution in [0.3, 0.4) is 0 Å². The van der Waals surface area contributed by atoms with Crippen LogP contribution in [0.1, 0.15) is 30.5 Å². The van der Waals surface area contributed by atoms with Gasteiger partial charge in [-0.15, -0.1) is 23.1 Å². The molecule has 0 aliphatic carbocycles. The Morgan fingerprint density at radius 2 is 2.21 bits per heavy atom. The number of ether oxygens (including phenoxy) is 1. The SMILES string of the molecule is CC(C)(C)OC(=O)CSCc1ccc(C#CCO)s1. The predicted octanol–water partition coefficient (Wildman–Crippen LogP) is 2.67. The normalized spacial score (nSPS) is 10.7. The lowest BCUT2D eigenvalue weighted by atomic mass is 10.2. The number of hydrogen-bond acceptors (Lipinski definition) is 5. The Kier molecular flexibility index (Phi) is 6.43. The zero-order valence-corrected chi connectivity index (χ0v) is 13.0. The van der Waals surface area contributed by atoms with Crippen molar-refractivity contribution in [2.45, 2.75) is 32.1 Å². The van der Waals surface area contributed by atoms with Crippen molar-refractivity contribution in [3.8, 4) is 11.8 Å². The molecule has 5 heteroatoms. The lowest BCUT2D eigenvalue weighted by Gasteiger charge is -2.19. The Labute approximate surface area is 122 Å². The fourth-order valence-electron chi connectivity index (χ4n) is 1.26. The van der Waals surface area contributed by atoms with E-state index in [4.69, 9.17) is 9.84 Å². The van der Waals surface area contributed by atoms with Crippen molar-refractivity contribution in [1.29, 1.82) is 0 Å². The average Bonchev–Trinajstić information content (AvgIpc) is 2.72. The number of hydrogen-bond donors (Lipinski definition) is 1. The van der Waals surface area contributed by atoms with Crippen LogP contribution in [0.5, 0.6) is 0 Å². The molecule has 3 nitrogen and oxygen atoms in total. The van der Waals surface area contributed by atoms with Crippen LogP contribution in [0.15, 0.2) is 12.1 Å². The van der Waals surface area contributed by atoms with Gasteiger partial charge in [0.05, 0.1) is 10.6 Å². The van der Waals surface area contributed by atoms with Crippen molar-refractivity contribution in [3.63, 3.8) is 0 Å². The number of thiophene rings is 1. The van der Waals surface area contributed by atoms with Gasteiger partial charge in [0.25, 0.3) is 0 Å². The molecule has 0 radical (unpaired) electrons. The lowest BCUT2D eigenvalue weighted by molar-refractivity contribution is -0.151. The largest absolute Gasteiger partial charge is 0.459 e. The molecule has 1 N–H and O–H groups in total. The van der Waals surface area contributed by atoms with Gasteiger partial charge < -0.3 is 9.84 Å². The third-order valence-electron chi connectivity index (χ3n) is 1.84. The second-order valence-corrected chi connectivity index (χ2v) is 6.96. The first kappa shape index (κ1) is 16.1. The second-order valence-electron chi connectivity index (χ2n) is 4.81. The van der Waals surface area contributed by atoms with Gasteiger partial charge in [-0.3, -0.25) is 4.79 Å². The summed E-state index contributed by atoms with van der Waals surface area (Å²) in [4.78, 5) is 13.6. The number of thioether (sulfide) groups is 1. The topological polar surface area (TPSA) is 46.5 Å². The van der Waals surface area contributed by atoms with E-state index in [2.05, 4.69) is 11.8 Å². The lowest BCUT2D eigenvalue weighted by Crippen LogP contribution is -2.24. The van der Waals surface area contributed by atoms with Crippen LogP contribution in [0, 0.1) is 11.8 Å². The van der Waals surface area contributed by atoms with Crippen molar-refractivity contribution in [1.82, 2.24) is 0 Å². The van der Waals surface area contributed by atoms with E-state index in [1.807, 2.05) is 32.9 Å². The van der Waals surface area contributed by atoms with E-state index in [1.165, 1.54) is 11.8 Å². The molecular weight excluding hydrogens is 280 g/mol. The van der Waals surface area contributed by atoms with E-state index < -0.39 is 5.60 Å². The minimum absolute atomic E-state index is 0.124. The van der Waals surface area contributed by atoms with E-state index >= 15 is 0 Å². The Hall–Kier alpha value is -0.960. The number of aliphatic hydroxyl groups is 1. The van der Waals surface area contributed by atoms with Gasteiger partial charge in [-0.25, -0.2) is 0 Å². The summed E-state index contributed by atoms with van der Waals surface area (Å²) in [5.74, 6) is 6.41. The van der Waals surface area contributed by atoms with Gasteiger partial charge in [-0.2, -0.15) is 0 Å². The average molecular weight is 298 g/mol. The Balaban J connectivity index is 2.33. The first-order valence-electron chi connectivity index (χ1n) is 5.89. The molecule has 0 bridgehead atoms. The Morgan fingerprint density at radius 1 is 1.47 bits per heavy atom. The van der Waals surface area contributed by atoms with E-state index in [0.29, 0.717) is 5.75 Å². The maximum atomic E-state index is 11.5. The van der Waals surface area contributed by atoms with Crippen LogP contribution in [0.4, 0.5) is 0 Å². The summed E-state index contributed by atoms with van der Waals surface area (Å²) in [6.07, 6.45) is 0. The van der Waals surface area contributed by atoms with Crippen molar-refractivity contribution in [2.24, 2.45) is 0 Å². The molecule has 0 aromatic carbocycles. The van der Waals surface area contributed by atoms with Crippen LogP contribution < -0.4 is 0 Å². The van der Waals surface area contributed by atoms with Crippen molar-refractivity contribution in [2.75, 3.05) is 12.4 Å². The molecule has 0 fully saturated rings. The Bertz CT molecular complexity index is 475. The van der Waals surface area contributed by atoms with Gasteiger partial charge >= 0.3 is 5.97 Å². The molecule has 104 valence electrons. The molecule has 0 saturated heterocycles. The number of esters is 1. The first-order chi connectivity index (χ1) is 8.90. The minimum atomic E-state index is -0.423. The number of carbonyl (C=O) groups excluding carboxylic acids is 1. The highest BCUT2D eigenvalue weighted by Gasteiger charge is 2.15. The number of rotatable bonds is 4. The number of aliphatic hydroxyl groups excluding tert-OH is 1. The predicted molar refractivity (Wildman–Crippen MR) is 80.3 cm³/mol. The molecule has 0 amide bonds. The molecule has 19 heavy (non-hydrogen) atoms. The van der Waals surface area contributed by atoms with E-state index in [9.17, 15) is 4.79 Å². The van der Waals surface area contributed by atoms with Gasteiger partial charge in [0.15, 0.2) is 0 Å². The standard InChI is InChI=1S/C14H18O3S2/c1-14(2,3)17-13(16)10-18-9-12-7-6-11(19-12)5-4-8-15/h6-7,15H,8-10H2,1-3H3. The molecule has 1 aromatic rings. The van der Waals surface area contributed by atoms with Crippen LogP contribution in [-0.2, 0) is 15.3 Å². The maximum Gasteiger partial charge on any atom is 0.316 e. The third kappa shape index (κ3) is 7.26. The molecule has 0 unspecified atom stereocenters. The van der Waals surface area contributed by atoms with E-state index in [-0.39, 0.29) is 12.6 Å². The summed E-state index contributed by atoms with van der Waals surface area (Å²) in [7, 11) is 0. The van der Waals surface area contributed by atoms with Crippen molar-refractivity contribution >= 4 is 29.1 Å². The smallest absolute Gasteiger partial charge is 0.316 e. The summed E-state index contributed by atoms with van der Waals surface area (Å²) in [5, 5.41) is 8.61. The quantitative estimate of drug-likeness (QED) is 0.686. The molecule has 0 atom stereocenters. The fourth-order valence-corrected chi connectivity index (χ4v) is 3.04. The fraction of sp³-hybridized carbons (Fsp3) is 0.500. The third-order valence-corrected chi connectivity index (χ3v) is 3.97. The highest BCUT2D eigenvalue weighted by Crippen LogP contribution is 2.21. The van der Waals surface area contributed by atoms with Gasteiger partial charge in [-0.1, -0.05) is 11.8 Å². The van der Waals surface area contributed by atoms with Crippen LogP contribution in [0.25, 0.3) is 0 Å². The monoisotopic (exact) mass is 298 g/mol. The van der Waals surface area contributed by atoms with Gasteiger partial charge in [0.2, 0.25) is 0 Å². The van der Waals surface area contributed by atoms with Crippen LogP contribution in [-0.4, -0.2) is 29.0 Å². The van der Waals surface area contributed by atoms with Gasteiger partial charge in [0.1, 0.15) is 12.2 Å². The zero-order chi connectivity index (χ0) is 14.3. The maximum absolute atomic E-state index is 11.5. The molecule has 0 aliphatic rings. The number of carbonyl (C=O) groups is 1. The zero-order valence-electron chi connectivity index (χ0n) is 11.4. The van der Waals surface area contributed by atoms with E-state index in [1.54, 1.807) is 11.3 Å². The van der Waals surface area contributed by atoms with Crippen molar-refractivity contribution < 1.29 is 14.6 Å². The van der Waals surface area contributed by atoms with Crippen LogP contribution >= 0.6 is 23.1 Å². The summed E-state index contributed by atoms with van der Waals surface area (Å²) in [5.41, 5.74) is -0.423.